The minimum absolute atomic E-state index is 0.208. The van der Waals surface area contributed by atoms with Crippen molar-refractivity contribution in [2.24, 2.45) is 0 Å². The van der Waals surface area contributed by atoms with E-state index < -0.39 is 0 Å². The van der Waals surface area contributed by atoms with Crippen molar-refractivity contribution in [2.75, 3.05) is 0 Å². The van der Waals surface area contributed by atoms with Gasteiger partial charge < -0.3 is 0 Å². The third-order valence-corrected chi connectivity index (χ3v) is 4.01. The molecule has 0 atom stereocenters. The number of rotatable bonds is 0. The number of halogens is 2. The Bertz CT molecular complexity index is 973. The van der Waals surface area contributed by atoms with E-state index in [2.05, 4.69) is 6.07 Å². The number of hydrogen-bond acceptors (Lipinski definition) is 0. The zero-order chi connectivity index (χ0) is 13.7. The minimum atomic E-state index is -0.208. The van der Waals surface area contributed by atoms with Gasteiger partial charge in [-0.05, 0) is 45.1 Å². The van der Waals surface area contributed by atoms with E-state index in [0.29, 0.717) is 10.4 Å². The third-order valence-electron chi connectivity index (χ3n) is 3.77. The normalized spacial score (nSPS) is 11.5. The van der Waals surface area contributed by atoms with Crippen LogP contribution in [0.25, 0.3) is 32.3 Å². The lowest BCUT2D eigenvalue weighted by Crippen LogP contribution is -1.86. The van der Waals surface area contributed by atoms with Crippen LogP contribution in [0.2, 0.25) is 5.02 Å². The first-order valence-corrected chi connectivity index (χ1v) is 6.82. The van der Waals surface area contributed by atoms with E-state index in [1.807, 2.05) is 42.5 Å². The van der Waals surface area contributed by atoms with Crippen molar-refractivity contribution in [3.05, 3.63) is 71.5 Å². The van der Waals surface area contributed by atoms with Gasteiger partial charge in [0.25, 0.3) is 0 Å². The SMILES string of the molecule is Fc1cccc2c3ccccc3c3ccc(Cl)cc3c12. The van der Waals surface area contributed by atoms with Crippen LogP contribution in [0.1, 0.15) is 0 Å². The van der Waals surface area contributed by atoms with Crippen LogP contribution in [0.3, 0.4) is 0 Å². The Labute approximate surface area is 120 Å². The minimum Gasteiger partial charge on any atom is -0.206 e. The molecule has 0 fully saturated rings. The average Bonchev–Trinajstić information content (AvgIpc) is 2.47. The van der Waals surface area contributed by atoms with Crippen molar-refractivity contribution in [1.82, 2.24) is 0 Å². The first kappa shape index (κ1) is 11.7. The second-order valence-electron chi connectivity index (χ2n) is 4.90. The van der Waals surface area contributed by atoms with Gasteiger partial charge in [0.15, 0.2) is 0 Å². The van der Waals surface area contributed by atoms with Crippen LogP contribution in [-0.2, 0) is 0 Å². The highest BCUT2D eigenvalue weighted by Gasteiger charge is 2.11. The molecule has 0 aliphatic rings. The van der Waals surface area contributed by atoms with Gasteiger partial charge in [-0.25, -0.2) is 4.39 Å². The van der Waals surface area contributed by atoms with Gasteiger partial charge in [0.1, 0.15) is 5.82 Å². The van der Waals surface area contributed by atoms with E-state index in [4.69, 9.17) is 11.6 Å². The Morgan fingerprint density at radius 3 is 2.10 bits per heavy atom. The molecule has 0 aliphatic heterocycles. The van der Waals surface area contributed by atoms with Crippen molar-refractivity contribution >= 4 is 43.9 Å². The molecule has 0 unspecified atom stereocenters. The largest absolute Gasteiger partial charge is 0.206 e. The Morgan fingerprint density at radius 1 is 0.650 bits per heavy atom. The maximum Gasteiger partial charge on any atom is 0.131 e. The lowest BCUT2D eigenvalue weighted by molar-refractivity contribution is 0.641. The van der Waals surface area contributed by atoms with Crippen molar-refractivity contribution in [1.29, 1.82) is 0 Å². The molecule has 96 valence electrons. The molecule has 0 nitrogen and oxygen atoms in total. The molecule has 0 saturated heterocycles. The summed E-state index contributed by atoms with van der Waals surface area (Å²) in [6.07, 6.45) is 0. The Kier molecular flexibility index (Phi) is 2.45. The molecular weight excluding hydrogens is 271 g/mol. The van der Waals surface area contributed by atoms with Crippen LogP contribution in [0.4, 0.5) is 4.39 Å². The summed E-state index contributed by atoms with van der Waals surface area (Å²) >= 11 is 6.10. The topological polar surface area (TPSA) is 0 Å². The van der Waals surface area contributed by atoms with Crippen LogP contribution < -0.4 is 0 Å². The molecule has 2 heteroatoms. The predicted molar refractivity (Wildman–Crippen MR) is 83.9 cm³/mol. The number of benzene rings is 4. The standard InChI is InChI=1S/C18H10ClF/c19-11-8-9-14-12-4-1-2-5-13(12)15-6-3-7-17(20)18(15)16(14)10-11/h1-10H. The van der Waals surface area contributed by atoms with Crippen LogP contribution >= 0.6 is 11.6 Å². The summed E-state index contributed by atoms with van der Waals surface area (Å²) in [6, 6.07) is 18.9. The van der Waals surface area contributed by atoms with Gasteiger partial charge in [-0.2, -0.15) is 0 Å². The molecule has 4 aromatic carbocycles. The van der Waals surface area contributed by atoms with Gasteiger partial charge in [0.05, 0.1) is 0 Å². The molecule has 4 rings (SSSR count). The molecule has 0 spiro atoms. The zero-order valence-corrected chi connectivity index (χ0v) is 11.3. The van der Waals surface area contributed by atoms with Crippen LogP contribution in [0.5, 0.6) is 0 Å². The van der Waals surface area contributed by atoms with Crippen molar-refractivity contribution < 1.29 is 4.39 Å². The second-order valence-corrected chi connectivity index (χ2v) is 5.33. The van der Waals surface area contributed by atoms with Gasteiger partial charge >= 0.3 is 0 Å². The summed E-state index contributed by atoms with van der Waals surface area (Å²) in [5.74, 6) is -0.208. The quantitative estimate of drug-likeness (QED) is 0.350. The maximum atomic E-state index is 14.3. The summed E-state index contributed by atoms with van der Waals surface area (Å²) in [5.41, 5.74) is 0. The lowest BCUT2D eigenvalue weighted by atomic mass is 9.94. The molecule has 0 radical (unpaired) electrons. The highest BCUT2D eigenvalue weighted by molar-refractivity contribution is 6.33. The van der Waals surface area contributed by atoms with E-state index in [1.165, 1.54) is 6.07 Å². The van der Waals surface area contributed by atoms with Gasteiger partial charge in [0.2, 0.25) is 0 Å². The predicted octanol–water partition coefficient (Wildman–Crippen LogP) is 5.94. The summed E-state index contributed by atoms with van der Waals surface area (Å²) < 4.78 is 14.3. The van der Waals surface area contributed by atoms with Crippen LogP contribution in [0, 0.1) is 5.82 Å². The fraction of sp³-hybridized carbons (Fsp3) is 0. The second kappa shape index (κ2) is 4.19. The Morgan fingerprint density at radius 2 is 1.30 bits per heavy atom. The molecule has 0 saturated carbocycles. The summed E-state index contributed by atoms with van der Waals surface area (Å²) in [6.45, 7) is 0. The molecule has 0 amide bonds. The van der Waals surface area contributed by atoms with E-state index >= 15 is 0 Å². The fourth-order valence-corrected chi connectivity index (χ4v) is 3.11. The Hall–Kier alpha value is -2.12. The van der Waals surface area contributed by atoms with Crippen LogP contribution in [-0.4, -0.2) is 0 Å². The molecule has 0 N–H and O–H groups in total. The summed E-state index contributed by atoms with van der Waals surface area (Å²) in [4.78, 5) is 0. The number of hydrogen-bond donors (Lipinski definition) is 0. The monoisotopic (exact) mass is 280 g/mol. The van der Waals surface area contributed by atoms with Crippen molar-refractivity contribution in [2.45, 2.75) is 0 Å². The average molecular weight is 281 g/mol. The first-order chi connectivity index (χ1) is 9.75. The van der Waals surface area contributed by atoms with Crippen LogP contribution in [0.15, 0.2) is 60.7 Å². The summed E-state index contributed by atoms with van der Waals surface area (Å²) in [5, 5.41) is 6.28. The maximum absolute atomic E-state index is 14.3. The molecule has 0 bridgehead atoms. The molecule has 0 aliphatic carbocycles. The van der Waals surface area contributed by atoms with Gasteiger partial charge in [0, 0.05) is 10.4 Å². The third kappa shape index (κ3) is 1.53. The molecular formula is C18H10ClF. The van der Waals surface area contributed by atoms with Crippen molar-refractivity contribution in [3.8, 4) is 0 Å². The van der Waals surface area contributed by atoms with E-state index in [-0.39, 0.29) is 5.82 Å². The van der Waals surface area contributed by atoms with Gasteiger partial charge in [-0.15, -0.1) is 0 Å². The molecule has 0 heterocycles. The highest BCUT2D eigenvalue weighted by Crippen LogP contribution is 2.37. The summed E-state index contributed by atoms with van der Waals surface area (Å²) in [7, 11) is 0. The molecule has 20 heavy (non-hydrogen) atoms. The Balaban J connectivity index is 2.45. The van der Waals surface area contributed by atoms with Gasteiger partial charge in [-0.1, -0.05) is 54.1 Å². The molecule has 0 aromatic heterocycles. The van der Waals surface area contributed by atoms with E-state index in [9.17, 15) is 4.39 Å². The number of fused-ring (bicyclic) bond motifs is 6. The molecule has 4 aromatic rings. The van der Waals surface area contributed by atoms with E-state index in [1.54, 1.807) is 6.07 Å². The lowest BCUT2D eigenvalue weighted by Gasteiger charge is -2.11. The smallest absolute Gasteiger partial charge is 0.131 e. The van der Waals surface area contributed by atoms with E-state index in [0.717, 1.165) is 26.9 Å². The first-order valence-electron chi connectivity index (χ1n) is 6.44. The van der Waals surface area contributed by atoms with Gasteiger partial charge in [-0.3, -0.25) is 0 Å². The zero-order valence-electron chi connectivity index (χ0n) is 10.5. The highest BCUT2D eigenvalue weighted by atomic mass is 35.5. The van der Waals surface area contributed by atoms with Crippen molar-refractivity contribution in [3.63, 3.8) is 0 Å². The fourth-order valence-electron chi connectivity index (χ4n) is 2.93.